The molecule has 2 atom stereocenters. The van der Waals surface area contributed by atoms with E-state index in [1.54, 1.807) is 0 Å². The Morgan fingerprint density at radius 1 is 0.565 bits per heavy atom. The number of aliphatic hydroxyl groups excluding tert-OH is 1. The first-order valence-electron chi connectivity index (χ1n) is 16.6. The van der Waals surface area contributed by atoms with Crippen molar-refractivity contribution in [2.45, 2.75) is 39.9 Å². The molecule has 0 heterocycles. The zero-order valence-corrected chi connectivity index (χ0v) is 28.9. The zero-order chi connectivity index (χ0) is 33.0. The van der Waals surface area contributed by atoms with Crippen LogP contribution in [0.2, 0.25) is 0 Å². The van der Waals surface area contributed by atoms with Gasteiger partial charge in [-0.2, -0.15) is 0 Å². The Morgan fingerprint density at radius 3 is 1.33 bits per heavy atom. The van der Waals surface area contributed by atoms with Crippen LogP contribution in [0.4, 0.5) is 0 Å². The van der Waals surface area contributed by atoms with Crippen LogP contribution in [0.5, 0.6) is 0 Å². The minimum absolute atomic E-state index is 0.0212. The molecule has 0 aliphatic rings. The molecule has 0 saturated heterocycles. The van der Waals surface area contributed by atoms with E-state index in [9.17, 15) is 0 Å². The van der Waals surface area contributed by atoms with E-state index in [0.29, 0.717) is 25.6 Å². The molecule has 0 fully saturated rings. The van der Waals surface area contributed by atoms with E-state index in [0.717, 1.165) is 32.7 Å². The van der Waals surface area contributed by atoms with E-state index in [1.807, 2.05) is 24.3 Å². The van der Waals surface area contributed by atoms with Gasteiger partial charge >= 0.3 is 0 Å². The second-order valence-corrected chi connectivity index (χ2v) is 11.7. The molecule has 4 aromatic rings. The van der Waals surface area contributed by atoms with Gasteiger partial charge in [-0.3, -0.25) is 4.90 Å². The maximum atomic E-state index is 9.09. The van der Waals surface area contributed by atoms with Crippen molar-refractivity contribution in [1.29, 1.82) is 0 Å². The molecule has 0 bridgehead atoms. The van der Waals surface area contributed by atoms with Gasteiger partial charge in [0.15, 0.2) is 0 Å². The molecule has 5 nitrogen and oxygen atoms in total. The van der Waals surface area contributed by atoms with Gasteiger partial charge in [-0.1, -0.05) is 123 Å². The van der Waals surface area contributed by atoms with Crippen molar-refractivity contribution >= 4 is 11.6 Å². The third kappa shape index (κ3) is 12.3. The molecular formula is C40H53ClN2O3. The Labute approximate surface area is 282 Å². The van der Waals surface area contributed by atoms with Crippen LogP contribution in [0.25, 0.3) is 0 Å². The Balaban J connectivity index is 0.000000250. The number of ether oxygens (including phenoxy) is 2. The molecule has 0 radical (unpaired) electrons. The van der Waals surface area contributed by atoms with E-state index in [-0.39, 0.29) is 18.8 Å². The third-order valence-corrected chi connectivity index (χ3v) is 8.41. The summed E-state index contributed by atoms with van der Waals surface area (Å²) in [6, 6.07) is 37.6. The van der Waals surface area contributed by atoms with Crippen molar-refractivity contribution in [3.05, 3.63) is 143 Å². The highest BCUT2D eigenvalue weighted by molar-refractivity contribution is 6.18. The summed E-state index contributed by atoms with van der Waals surface area (Å²) in [5.41, 5.74) is 7.32. The maximum absolute atomic E-state index is 9.09. The molecule has 0 saturated carbocycles. The Bertz CT molecular complexity index is 1250. The Morgan fingerprint density at radius 2 is 0.957 bits per heavy atom. The van der Waals surface area contributed by atoms with E-state index in [2.05, 4.69) is 122 Å². The number of aliphatic hydroxyl groups is 1. The second-order valence-electron chi connectivity index (χ2n) is 11.3. The van der Waals surface area contributed by atoms with Crippen molar-refractivity contribution in [2.24, 2.45) is 0 Å². The minimum atomic E-state index is -0.0507. The summed E-state index contributed by atoms with van der Waals surface area (Å²) in [4.78, 5) is 4.51. The van der Waals surface area contributed by atoms with Crippen LogP contribution >= 0.6 is 11.6 Å². The molecular weight excluding hydrogens is 592 g/mol. The number of hydrogen-bond donors (Lipinski definition) is 1. The Kier molecular flexibility index (Phi) is 17.7. The molecule has 0 aromatic heterocycles. The lowest BCUT2D eigenvalue weighted by molar-refractivity contribution is 0.0569. The van der Waals surface area contributed by atoms with Crippen LogP contribution in [-0.2, 0) is 9.47 Å². The lowest BCUT2D eigenvalue weighted by Crippen LogP contribution is -2.30. The lowest BCUT2D eigenvalue weighted by Gasteiger charge is -2.24. The first-order valence-corrected chi connectivity index (χ1v) is 17.1. The summed E-state index contributed by atoms with van der Waals surface area (Å²) in [6.07, 6.45) is -0.0719. The molecule has 0 aliphatic heterocycles. The fourth-order valence-corrected chi connectivity index (χ4v) is 5.70. The highest BCUT2D eigenvalue weighted by Crippen LogP contribution is 2.29. The topological polar surface area (TPSA) is 45.2 Å². The van der Waals surface area contributed by atoms with E-state index < -0.39 is 0 Å². The van der Waals surface area contributed by atoms with Gasteiger partial charge in [0.05, 0.1) is 19.8 Å². The van der Waals surface area contributed by atoms with Crippen molar-refractivity contribution in [3.8, 4) is 0 Å². The number of benzene rings is 4. The highest BCUT2D eigenvalue weighted by Gasteiger charge is 2.18. The predicted molar refractivity (Wildman–Crippen MR) is 193 cm³/mol. The molecule has 0 aliphatic carbocycles. The smallest absolute Gasteiger partial charge is 0.108 e. The molecule has 0 spiro atoms. The predicted octanol–water partition coefficient (Wildman–Crippen LogP) is 8.08. The summed E-state index contributed by atoms with van der Waals surface area (Å²) >= 11 is 5.85. The molecule has 46 heavy (non-hydrogen) atoms. The molecule has 248 valence electrons. The van der Waals surface area contributed by atoms with Gasteiger partial charge in [-0.05, 0) is 60.3 Å². The van der Waals surface area contributed by atoms with Gasteiger partial charge in [0.2, 0.25) is 0 Å². The molecule has 4 rings (SSSR count). The summed E-state index contributed by atoms with van der Waals surface area (Å²) < 4.78 is 12.5. The Hall–Kier alpha value is -3.03. The largest absolute Gasteiger partial charge is 0.395 e. The molecule has 6 heteroatoms. The third-order valence-electron chi connectivity index (χ3n) is 8.24. The van der Waals surface area contributed by atoms with Crippen LogP contribution < -0.4 is 0 Å². The first-order chi connectivity index (χ1) is 22.5. The fraction of sp³-hybridized carbons (Fsp3) is 0.400. The van der Waals surface area contributed by atoms with Crippen molar-refractivity contribution in [1.82, 2.24) is 9.80 Å². The summed E-state index contributed by atoms with van der Waals surface area (Å²) in [5.74, 6) is 0.660. The molecule has 0 amide bonds. The molecule has 2 unspecified atom stereocenters. The summed E-state index contributed by atoms with van der Waals surface area (Å²) in [7, 11) is 0. The molecule has 4 aromatic carbocycles. The molecule has 1 N–H and O–H groups in total. The van der Waals surface area contributed by atoms with Crippen molar-refractivity contribution in [3.63, 3.8) is 0 Å². The number of nitrogens with zero attached hydrogens (tertiary/aromatic N) is 2. The van der Waals surface area contributed by atoms with E-state index in [1.165, 1.54) is 33.4 Å². The summed E-state index contributed by atoms with van der Waals surface area (Å²) in [5, 5.41) is 9.09. The van der Waals surface area contributed by atoms with Crippen LogP contribution in [-0.4, -0.2) is 79.9 Å². The number of alkyl halides is 1. The minimum Gasteiger partial charge on any atom is -0.395 e. The van der Waals surface area contributed by atoms with Crippen LogP contribution in [0.1, 0.15) is 59.4 Å². The number of hydrogen-bond acceptors (Lipinski definition) is 5. The van der Waals surface area contributed by atoms with Gasteiger partial charge in [-0.15, -0.1) is 11.6 Å². The monoisotopic (exact) mass is 644 g/mol. The number of rotatable bonds is 18. The van der Waals surface area contributed by atoms with Gasteiger partial charge in [0.1, 0.15) is 12.2 Å². The second kappa shape index (κ2) is 21.7. The summed E-state index contributed by atoms with van der Waals surface area (Å²) in [6.45, 7) is 15.3. The number of likely N-dealkylation sites (N-methyl/N-ethyl adjacent to an activating group) is 2. The first kappa shape index (κ1) is 37.4. The maximum Gasteiger partial charge on any atom is 0.108 e. The van der Waals surface area contributed by atoms with Crippen LogP contribution in [0.3, 0.4) is 0 Å². The van der Waals surface area contributed by atoms with Crippen LogP contribution in [0, 0.1) is 13.8 Å². The SMILES string of the molecule is CCN(CCCl)CCOC(c1ccccc1)c1ccccc1C.CCN(CCO)CCOC(c1ccccc1)c1ccccc1C. The van der Waals surface area contributed by atoms with E-state index in [4.69, 9.17) is 26.2 Å². The van der Waals surface area contributed by atoms with Gasteiger partial charge < -0.3 is 19.5 Å². The van der Waals surface area contributed by atoms with E-state index >= 15 is 0 Å². The van der Waals surface area contributed by atoms with Gasteiger partial charge in [-0.25, -0.2) is 0 Å². The number of halogens is 1. The quantitative estimate of drug-likeness (QED) is 0.111. The van der Waals surface area contributed by atoms with Crippen LogP contribution in [0.15, 0.2) is 109 Å². The number of aryl methyl sites for hydroxylation is 2. The fourth-order valence-electron chi connectivity index (χ4n) is 5.47. The zero-order valence-electron chi connectivity index (χ0n) is 28.2. The van der Waals surface area contributed by atoms with Gasteiger partial charge in [0, 0.05) is 32.1 Å². The standard InChI is InChI=1S/C20H26ClNO.C20H27NO2/c1-3-22(14-13-21)15-16-23-20(18-10-5-4-6-11-18)19-12-8-7-9-17(19)2;1-3-21(13-15-22)14-16-23-20(18-10-5-4-6-11-18)19-12-8-7-9-17(19)2/h4-12,20H,3,13-16H2,1-2H3;4-12,20,22H,3,13-16H2,1-2H3. The van der Waals surface area contributed by atoms with Crippen molar-refractivity contribution in [2.75, 3.05) is 65.0 Å². The van der Waals surface area contributed by atoms with Gasteiger partial charge in [0.25, 0.3) is 0 Å². The average Bonchev–Trinajstić information content (AvgIpc) is 3.09. The lowest BCUT2D eigenvalue weighted by atomic mass is 9.97. The average molecular weight is 645 g/mol. The normalized spacial score (nSPS) is 12.5. The highest BCUT2D eigenvalue weighted by atomic mass is 35.5. The van der Waals surface area contributed by atoms with Crippen molar-refractivity contribution < 1.29 is 14.6 Å².